The smallest absolute Gasteiger partial charge is 0.159 e. The van der Waals surface area contributed by atoms with Gasteiger partial charge in [0.15, 0.2) is 5.58 Å². The Morgan fingerprint density at radius 1 is 0.603 bits per heavy atom. The van der Waals surface area contributed by atoms with Crippen molar-refractivity contribution in [3.05, 3.63) is 219 Å². The van der Waals surface area contributed by atoms with Gasteiger partial charge in [-0.15, -0.1) is 0 Å². The Morgan fingerprint density at radius 2 is 1.22 bits per heavy atom. The fourth-order valence-electron chi connectivity index (χ4n) is 8.46. The number of hydrogen-bond acceptors (Lipinski definition) is 4. The number of fused-ring (bicyclic) bond motifs is 4. The van der Waals surface area contributed by atoms with Gasteiger partial charge in [-0.2, -0.15) is 0 Å². The molecule has 278 valence electrons. The van der Waals surface area contributed by atoms with Crippen molar-refractivity contribution in [3.8, 4) is 22.6 Å². The van der Waals surface area contributed by atoms with Gasteiger partial charge in [0, 0.05) is 50.5 Å². The highest BCUT2D eigenvalue weighted by atomic mass is 16.5. The van der Waals surface area contributed by atoms with Gasteiger partial charge in [-0.05, 0) is 75.5 Å². The lowest BCUT2D eigenvalue weighted by Gasteiger charge is -2.34. The van der Waals surface area contributed by atoms with Crippen molar-refractivity contribution < 1.29 is 13.9 Å². The Morgan fingerprint density at radius 3 is 2.00 bits per heavy atom. The second-order valence-electron chi connectivity index (χ2n) is 14.7. The molecule has 0 saturated carbocycles. The summed E-state index contributed by atoms with van der Waals surface area (Å²) in [5.41, 5.74) is 10.1. The highest BCUT2D eigenvalue weighted by Gasteiger charge is 2.32. The van der Waals surface area contributed by atoms with Gasteiger partial charge in [0.05, 0.1) is 5.69 Å². The summed E-state index contributed by atoms with van der Waals surface area (Å²) in [5, 5.41) is 6.33. The first kappa shape index (κ1) is 34.9. The zero-order valence-corrected chi connectivity index (χ0v) is 32.0. The fourth-order valence-corrected chi connectivity index (χ4v) is 8.46. The van der Waals surface area contributed by atoms with Gasteiger partial charge in [0.2, 0.25) is 0 Å². The Labute approximate surface area is 337 Å². The molecule has 3 heterocycles. The summed E-state index contributed by atoms with van der Waals surface area (Å²) in [6, 6.07) is 54.4. The number of nitrogens with zero attached hydrogens (tertiary/aromatic N) is 1. The molecule has 58 heavy (non-hydrogen) atoms. The first-order chi connectivity index (χ1) is 28.5. The van der Waals surface area contributed by atoms with Crippen LogP contribution in [0.3, 0.4) is 0 Å². The minimum absolute atomic E-state index is 0.392. The molecule has 0 saturated heterocycles. The van der Waals surface area contributed by atoms with Crippen LogP contribution in [0.25, 0.3) is 65.8 Å². The van der Waals surface area contributed by atoms with Crippen LogP contribution in [0, 0.1) is 0 Å². The van der Waals surface area contributed by atoms with E-state index in [2.05, 4.69) is 164 Å². The summed E-state index contributed by atoms with van der Waals surface area (Å²) in [4.78, 5) is 2.20. The van der Waals surface area contributed by atoms with Crippen LogP contribution in [0.15, 0.2) is 212 Å². The normalized spacial score (nSPS) is 15.0. The molecule has 0 amide bonds. The lowest BCUT2D eigenvalue weighted by atomic mass is 9.86. The van der Waals surface area contributed by atoms with E-state index in [1.54, 1.807) is 6.08 Å². The minimum Gasteiger partial charge on any atom is -0.485 e. The molecule has 0 N–H and O–H groups in total. The zero-order valence-electron chi connectivity index (χ0n) is 32.0. The van der Waals surface area contributed by atoms with E-state index in [9.17, 15) is 0 Å². The highest BCUT2D eigenvalue weighted by molar-refractivity contribution is 6.13. The number of benzene rings is 6. The summed E-state index contributed by atoms with van der Waals surface area (Å²) >= 11 is 0. The molecule has 4 heteroatoms. The van der Waals surface area contributed by atoms with E-state index in [0.29, 0.717) is 12.2 Å². The van der Waals surface area contributed by atoms with E-state index in [-0.39, 0.29) is 0 Å². The molecule has 1 aromatic heterocycles. The Bertz CT molecular complexity index is 3130. The average Bonchev–Trinajstić information content (AvgIpc) is 3.64. The first-order valence-corrected chi connectivity index (χ1v) is 19.4. The van der Waals surface area contributed by atoms with Crippen LogP contribution in [0.2, 0.25) is 0 Å². The van der Waals surface area contributed by atoms with Crippen molar-refractivity contribution in [3.63, 3.8) is 0 Å². The summed E-state index contributed by atoms with van der Waals surface area (Å²) in [6.45, 7) is 17.6. The predicted octanol–water partition coefficient (Wildman–Crippen LogP) is 14.7. The topological polar surface area (TPSA) is 34.8 Å². The van der Waals surface area contributed by atoms with Crippen LogP contribution in [0.1, 0.15) is 17.5 Å². The number of anilines is 2. The third-order valence-corrected chi connectivity index (χ3v) is 11.2. The molecule has 0 spiro atoms. The zero-order chi connectivity index (χ0) is 39.3. The fraction of sp³-hybridized carbons (Fsp3) is 0.0370. The Kier molecular flexibility index (Phi) is 8.53. The Balaban J connectivity index is 1.10. The van der Waals surface area contributed by atoms with E-state index in [1.165, 1.54) is 0 Å². The van der Waals surface area contributed by atoms with Crippen LogP contribution < -0.4 is 14.4 Å². The molecule has 7 aromatic carbocycles. The van der Waals surface area contributed by atoms with Crippen LogP contribution in [-0.4, -0.2) is 6.10 Å². The summed E-state index contributed by atoms with van der Waals surface area (Å²) in [6.07, 6.45) is 3.62. The van der Waals surface area contributed by atoms with Crippen molar-refractivity contribution >= 4 is 66.0 Å². The molecule has 0 fully saturated rings. The van der Waals surface area contributed by atoms with E-state index in [0.717, 1.165) is 105 Å². The maximum atomic E-state index is 6.96. The van der Waals surface area contributed by atoms with Crippen LogP contribution in [0.5, 0.6) is 11.5 Å². The second kappa shape index (κ2) is 14.2. The largest absolute Gasteiger partial charge is 0.485 e. The molecule has 8 aromatic rings. The molecule has 2 aliphatic rings. The number of hydrogen-bond donors (Lipinski definition) is 0. The third kappa shape index (κ3) is 5.77. The molecular formula is C54H39NO3. The van der Waals surface area contributed by atoms with Crippen molar-refractivity contribution in [2.24, 2.45) is 0 Å². The maximum Gasteiger partial charge on any atom is 0.159 e. The monoisotopic (exact) mass is 749 g/mol. The molecule has 10 rings (SSSR count). The quantitative estimate of drug-likeness (QED) is 0.163. The number of allylic oxidation sites excluding steroid dienone is 3. The van der Waals surface area contributed by atoms with Crippen LogP contribution >= 0.6 is 0 Å². The van der Waals surface area contributed by atoms with E-state index < -0.39 is 6.10 Å². The lowest BCUT2D eigenvalue weighted by molar-refractivity contribution is 0.257. The SMILES string of the molecule is C=C/C=C1/Oc2ccc3c4c(ccc(c24)C1=C)OC(CC(=C)N(c1ccccc2ccccc2ccc1)c1cccc2c1oc1c(-c4ccccc4)cccc12)C3=C. The lowest BCUT2D eigenvalue weighted by Crippen LogP contribution is -2.27. The molecule has 0 radical (unpaired) electrons. The van der Waals surface area contributed by atoms with Crippen molar-refractivity contribution in [2.45, 2.75) is 12.5 Å². The molecule has 4 nitrogen and oxygen atoms in total. The van der Waals surface area contributed by atoms with Crippen molar-refractivity contribution in [2.75, 3.05) is 4.90 Å². The van der Waals surface area contributed by atoms with E-state index in [1.807, 2.05) is 24.3 Å². The van der Waals surface area contributed by atoms with Crippen LogP contribution in [0.4, 0.5) is 11.4 Å². The molecule has 0 bridgehead atoms. The second-order valence-corrected chi connectivity index (χ2v) is 14.7. The highest BCUT2D eigenvalue weighted by Crippen LogP contribution is 2.50. The number of para-hydroxylation sites is 2. The van der Waals surface area contributed by atoms with Crippen molar-refractivity contribution in [1.82, 2.24) is 0 Å². The third-order valence-electron chi connectivity index (χ3n) is 11.2. The first-order valence-electron chi connectivity index (χ1n) is 19.4. The van der Waals surface area contributed by atoms with Crippen molar-refractivity contribution in [1.29, 1.82) is 0 Å². The van der Waals surface area contributed by atoms with Gasteiger partial charge < -0.3 is 18.8 Å². The van der Waals surface area contributed by atoms with Gasteiger partial charge >= 0.3 is 0 Å². The number of furan rings is 1. The van der Waals surface area contributed by atoms with Gasteiger partial charge in [-0.1, -0.05) is 154 Å². The molecule has 0 aliphatic carbocycles. The molecule has 1 atom stereocenters. The molecular weight excluding hydrogens is 711 g/mol. The van der Waals surface area contributed by atoms with Crippen LogP contribution in [-0.2, 0) is 0 Å². The van der Waals surface area contributed by atoms with Gasteiger partial charge in [-0.3, -0.25) is 0 Å². The predicted molar refractivity (Wildman–Crippen MR) is 242 cm³/mol. The molecule has 2 aliphatic heterocycles. The minimum atomic E-state index is -0.392. The summed E-state index contributed by atoms with van der Waals surface area (Å²) < 4.78 is 20.1. The standard InChI is InChI=1S/C54H39NO3/c1-5-16-47-35(3)41-29-32-49-52-42(30-31-48(56-47)51(41)52)36(4)50(57-49)33-34(2)55(40-23-12-11-19-37-17-9-10-18-38(37)22-13-24-40)46-28-15-27-45-44-26-14-25-43(53(44)58-54(45)46)39-20-7-6-8-21-39/h5-32,50H,1-4,33H2/b12-11?,19-11?,22-13?,23-12?,24-13?,37-19?,38-22?,40-23?,40-24?,47-16+. The summed E-state index contributed by atoms with van der Waals surface area (Å²) in [5.74, 6) is 2.22. The maximum absolute atomic E-state index is 6.96. The van der Waals surface area contributed by atoms with Gasteiger partial charge in [0.25, 0.3) is 0 Å². The number of rotatable bonds is 7. The number of ether oxygens (including phenoxy) is 2. The van der Waals surface area contributed by atoms with E-state index >= 15 is 0 Å². The van der Waals surface area contributed by atoms with Gasteiger partial charge in [0.1, 0.15) is 28.9 Å². The average molecular weight is 750 g/mol. The van der Waals surface area contributed by atoms with Gasteiger partial charge in [-0.25, -0.2) is 0 Å². The Hall–Kier alpha value is -7.56. The summed E-state index contributed by atoms with van der Waals surface area (Å²) in [7, 11) is 0. The molecule has 1 unspecified atom stereocenters. The van der Waals surface area contributed by atoms with E-state index in [4.69, 9.17) is 20.5 Å².